The van der Waals surface area contributed by atoms with Gasteiger partial charge in [0.1, 0.15) is 48.4 Å². The molecular weight excluding hydrogens is 1000 g/mol. The molecule has 9 rings (SSSR count). The van der Waals surface area contributed by atoms with Crippen molar-refractivity contribution in [3.8, 4) is 11.8 Å². The van der Waals surface area contributed by atoms with Gasteiger partial charge in [0.2, 0.25) is 11.8 Å². The van der Waals surface area contributed by atoms with E-state index in [1.165, 1.54) is 34.1 Å². The molecular formula is C49H56F6N10O10. The van der Waals surface area contributed by atoms with E-state index >= 15 is 0 Å². The van der Waals surface area contributed by atoms with Crippen molar-refractivity contribution in [1.82, 2.24) is 19.9 Å². The number of carbonyl (C=O) groups excluding carboxylic acids is 4. The molecule has 6 atom stereocenters. The van der Waals surface area contributed by atoms with Gasteiger partial charge in [0.05, 0.1) is 48.5 Å². The van der Waals surface area contributed by atoms with Gasteiger partial charge in [0, 0.05) is 51.2 Å². The third kappa shape index (κ3) is 13.0. The van der Waals surface area contributed by atoms with Crippen LogP contribution in [0.1, 0.15) is 74.4 Å². The van der Waals surface area contributed by atoms with Crippen LogP contribution in [0.2, 0.25) is 0 Å². The van der Waals surface area contributed by atoms with E-state index < -0.39 is 79.2 Å². The van der Waals surface area contributed by atoms with Gasteiger partial charge in [-0.05, 0) is 63.1 Å². The summed E-state index contributed by atoms with van der Waals surface area (Å²) in [5, 5.41) is 23.8. The highest BCUT2D eigenvalue weighted by Crippen LogP contribution is 2.42. The maximum absolute atomic E-state index is 13.5. The van der Waals surface area contributed by atoms with E-state index in [0.29, 0.717) is 57.0 Å². The molecule has 0 unspecified atom stereocenters. The number of aromatic nitrogens is 4. The minimum absolute atomic E-state index is 0.111. The lowest BCUT2D eigenvalue weighted by atomic mass is 10.0. The molecule has 404 valence electrons. The van der Waals surface area contributed by atoms with Crippen molar-refractivity contribution in [3.05, 3.63) is 72.1 Å². The van der Waals surface area contributed by atoms with Gasteiger partial charge in [-0.15, -0.1) is 0 Å². The maximum atomic E-state index is 13.5. The number of aliphatic hydroxyl groups excluding tert-OH is 2. The predicted molar refractivity (Wildman–Crippen MR) is 258 cm³/mol. The molecule has 3 fully saturated rings. The van der Waals surface area contributed by atoms with Gasteiger partial charge in [-0.3, -0.25) is 30.0 Å². The topological polar surface area (TPSA) is 234 Å². The number of nitrogens with one attached hydrogen (secondary N) is 2. The monoisotopic (exact) mass is 1060 g/mol. The lowest BCUT2D eigenvalue weighted by Gasteiger charge is -2.35. The van der Waals surface area contributed by atoms with Gasteiger partial charge >= 0.3 is 24.4 Å². The SMILES string of the molecule is C[C@@H](CC(=O)c1ccc2c(n1)N(C(=O)Nc1cccc(OC[C@@H](O)CO)n1)[C@H]1CCN2C1)C(F)(F)F.C[C@@H](CC(=O)c1ccc2c(n1)N(C(=O)Nc1cccc(OC[C@@H]3COC(C)(C)O3)n1)[C@H]1CCN2C1)C(F)(F)F. The smallest absolute Gasteiger partial charge is 0.391 e. The van der Waals surface area contributed by atoms with Gasteiger partial charge in [-0.1, -0.05) is 26.0 Å². The third-order valence-electron chi connectivity index (χ3n) is 13.0. The van der Waals surface area contributed by atoms with Crippen molar-refractivity contribution < 1.29 is 74.7 Å². The molecule has 9 heterocycles. The van der Waals surface area contributed by atoms with E-state index in [9.17, 15) is 50.6 Å². The van der Waals surface area contributed by atoms with E-state index in [-0.39, 0.29) is 77.8 Å². The standard InChI is InChI=1S/C26H30F3N5O5.C23H26F3N5O5/c1-15(26(27,28)29)11-20(35)18-7-8-19-23(30-18)34(16-9-10-33(19)12-16)24(36)32-21-5-4-6-22(31-21)37-13-17-14-38-25(2,3)39-17;1-13(23(24,25)26)9-18(34)16-5-6-17-21(27-16)31(14-7-8-30(17)10-14)22(35)29-19-3-2-4-20(28-19)36-12-15(33)11-32/h4-8,15-17H,9-14H2,1-3H3,(H,31,32,36);2-6,13-15,32-33H,7-12H2,1H3,(H,28,29,35)/t15-,16-,17+;13-,14-,15-/m00/s1. The Hall–Kier alpha value is -6.90. The maximum Gasteiger partial charge on any atom is 0.391 e. The molecule has 0 aromatic carbocycles. The zero-order chi connectivity index (χ0) is 54.0. The molecule has 0 spiro atoms. The van der Waals surface area contributed by atoms with Crippen molar-refractivity contribution in [2.24, 2.45) is 11.8 Å². The van der Waals surface area contributed by atoms with Gasteiger partial charge in [0.25, 0.3) is 0 Å². The first-order chi connectivity index (χ1) is 35.5. The van der Waals surface area contributed by atoms with Crippen LogP contribution in [0.3, 0.4) is 0 Å². The first-order valence-electron chi connectivity index (χ1n) is 24.2. The van der Waals surface area contributed by atoms with Crippen LogP contribution in [0, 0.1) is 11.8 Å². The number of amides is 4. The van der Waals surface area contributed by atoms with Crippen molar-refractivity contribution in [1.29, 1.82) is 0 Å². The number of nitrogens with zero attached hydrogens (tertiary/aromatic N) is 8. The van der Waals surface area contributed by atoms with E-state index in [0.717, 1.165) is 13.8 Å². The number of hydrogen-bond acceptors (Lipinski definition) is 16. The summed E-state index contributed by atoms with van der Waals surface area (Å²) in [5.74, 6) is -4.54. The number of ether oxygens (including phenoxy) is 4. The highest BCUT2D eigenvalue weighted by atomic mass is 19.4. The van der Waals surface area contributed by atoms with Gasteiger partial charge in [-0.25, -0.2) is 19.6 Å². The fourth-order valence-electron chi connectivity index (χ4n) is 8.98. The Bertz CT molecular complexity index is 2750. The molecule has 0 radical (unpaired) electrons. The van der Waals surface area contributed by atoms with Gasteiger partial charge in [-0.2, -0.15) is 36.3 Å². The number of rotatable bonds is 15. The number of aliphatic hydroxyl groups is 2. The first kappa shape index (κ1) is 54.4. The molecule has 20 nitrogen and oxygen atoms in total. The zero-order valence-electron chi connectivity index (χ0n) is 41.2. The van der Waals surface area contributed by atoms with Gasteiger partial charge < -0.3 is 39.0 Å². The van der Waals surface area contributed by atoms with Crippen LogP contribution >= 0.6 is 0 Å². The summed E-state index contributed by atoms with van der Waals surface area (Å²) in [6, 6.07) is 14.1. The van der Waals surface area contributed by atoms with Crippen molar-refractivity contribution in [2.45, 2.75) is 95.8 Å². The summed E-state index contributed by atoms with van der Waals surface area (Å²) < 4.78 is 100. The Morgan fingerprint density at radius 2 is 1.19 bits per heavy atom. The number of halogens is 6. The largest absolute Gasteiger partial charge is 0.475 e. The number of alkyl halides is 6. The van der Waals surface area contributed by atoms with Crippen LogP contribution < -0.4 is 39.7 Å². The Labute approximate surface area is 426 Å². The van der Waals surface area contributed by atoms with Crippen LogP contribution in [-0.4, -0.2) is 149 Å². The summed E-state index contributed by atoms with van der Waals surface area (Å²) in [5.41, 5.74) is 1.01. The normalized spacial score (nSPS) is 20.5. The number of ketones is 2. The van der Waals surface area contributed by atoms with E-state index in [4.69, 9.17) is 24.1 Å². The summed E-state index contributed by atoms with van der Waals surface area (Å²) in [6.07, 6.45) is -10.5. The van der Waals surface area contributed by atoms with Crippen LogP contribution in [0.4, 0.5) is 70.6 Å². The number of hydrogen-bond donors (Lipinski definition) is 4. The third-order valence-corrected chi connectivity index (χ3v) is 13.0. The summed E-state index contributed by atoms with van der Waals surface area (Å²) in [4.78, 5) is 76.1. The summed E-state index contributed by atoms with van der Waals surface area (Å²) in [6.45, 7) is 7.97. The summed E-state index contributed by atoms with van der Waals surface area (Å²) >= 11 is 0. The Kier molecular flexibility index (Phi) is 16.0. The molecule has 0 saturated carbocycles. The van der Waals surface area contributed by atoms with Crippen molar-refractivity contribution in [3.63, 3.8) is 0 Å². The number of pyridine rings is 4. The van der Waals surface area contributed by atoms with Crippen LogP contribution in [0.25, 0.3) is 0 Å². The first-order valence-corrected chi connectivity index (χ1v) is 24.2. The number of urea groups is 2. The molecule has 75 heavy (non-hydrogen) atoms. The number of carbonyl (C=O) groups is 4. The van der Waals surface area contributed by atoms with E-state index in [1.54, 1.807) is 36.4 Å². The minimum atomic E-state index is -4.50. The molecule has 4 N–H and O–H groups in total. The molecule has 4 amide bonds. The fourth-order valence-corrected chi connectivity index (χ4v) is 8.98. The van der Waals surface area contributed by atoms with E-state index in [1.807, 2.05) is 23.6 Å². The van der Waals surface area contributed by atoms with Crippen LogP contribution in [-0.2, 0) is 9.47 Å². The molecule has 3 saturated heterocycles. The lowest BCUT2D eigenvalue weighted by molar-refractivity contribution is -0.169. The average Bonchev–Trinajstić information content (AvgIpc) is 4.11. The quantitative estimate of drug-likeness (QED) is 0.0692. The highest BCUT2D eigenvalue weighted by Gasteiger charge is 2.44. The van der Waals surface area contributed by atoms with Crippen LogP contribution in [0.15, 0.2) is 60.7 Å². The molecule has 4 bridgehead atoms. The second-order valence-corrected chi connectivity index (χ2v) is 19.2. The Balaban J connectivity index is 0.000000200. The number of Topliss-reactive ketones (excluding diaryl/α,β-unsaturated/α-hetero) is 2. The highest BCUT2D eigenvalue weighted by molar-refractivity contribution is 6.06. The van der Waals surface area contributed by atoms with E-state index in [2.05, 4.69) is 30.6 Å². The number of fused-ring (bicyclic) bond motifs is 8. The minimum Gasteiger partial charge on any atom is -0.475 e. The predicted octanol–water partition coefficient (Wildman–Crippen LogP) is 7.02. The average molecular weight is 1060 g/mol. The van der Waals surface area contributed by atoms with Gasteiger partial charge in [0.15, 0.2) is 29.0 Å². The molecule has 26 heteroatoms. The molecule has 4 aromatic heterocycles. The second kappa shape index (κ2) is 22.1. The van der Waals surface area contributed by atoms with Crippen molar-refractivity contribution >= 4 is 58.3 Å². The Morgan fingerprint density at radius 3 is 1.61 bits per heavy atom. The summed E-state index contributed by atoms with van der Waals surface area (Å²) in [7, 11) is 0. The lowest BCUT2D eigenvalue weighted by Crippen LogP contribution is -2.48. The van der Waals surface area contributed by atoms with Crippen LogP contribution in [0.5, 0.6) is 11.8 Å². The second-order valence-electron chi connectivity index (χ2n) is 19.2. The molecule has 0 aliphatic carbocycles. The fraction of sp³-hybridized carbons (Fsp3) is 0.510. The molecule has 4 aromatic rings. The Morgan fingerprint density at radius 1 is 0.720 bits per heavy atom. The zero-order valence-corrected chi connectivity index (χ0v) is 41.2. The molecule has 5 aliphatic rings. The molecule has 5 aliphatic heterocycles. The number of anilines is 6. The van der Waals surface area contributed by atoms with Crippen molar-refractivity contribution in [2.75, 3.05) is 82.8 Å².